The Morgan fingerprint density at radius 2 is 1.90 bits per heavy atom. The van der Waals surface area contributed by atoms with E-state index < -0.39 is 0 Å². The highest BCUT2D eigenvalue weighted by Crippen LogP contribution is 2.39. The van der Waals surface area contributed by atoms with Crippen LogP contribution in [0.2, 0.25) is 5.02 Å². The summed E-state index contributed by atoms with van der Waals surface area (Å²) < 4.78 is 11.1. The van der Waals surface area contributed by atoms with Gasteiger partial charge in [0.25, 0.3) is 11.8 Å². The fraction of sp³-hybridized carbons (Fsp3) is 0.130. The minimum absolute atomic E-state index is 0.175. The number of hydrogen-bond acceptors (Lipinski definition) is 4. The van der Waals surface area contributed by atoms with Crippen LogP contribution in [-0.2, 0) is 0 Å². The van der Waals surface area contributed by atoms with Crippen LogP contribution < -0.4 is 19.7 Å². The zero-order valence-corrected chi connectivity index (χ0v) is 17.2. The molecule has 0 spiro atoms. The van der Waals surface area contributed by atoms with Crippen LogP contribution in [0.1, 0.15) is 27.6 Å². The molecule has 1 N–H and O–H groups in total. The first-order valence-electron chi connectivity index (χ1n) is 9.39. The van der Waals surface area contributed by atoms with Gasteiger partial charge in [0, 0.05) is 17.8 Å². The minimum Gasteiger partial charge on any atom is -0.495 e. The van der Waals surface area contributed by atoms with E-state index in [2.05, 4.69) is 5.32 Å². The summed E-state index contributed by atoms with van der Waals surface area (Å²) >= 11 is 6.13. The molecule has 0 saturated carbocycles. The SMILES string of the molecule is CCN1C(=O)c2ccccc2Oc2ccc(C(=O)Nc3ccc(OC)c(Cl)c3)cc21. The van der Waals surface area contributed by atoms with Crippen molar-refractivity contribution in [3.63, 3.8) is 0 Å². The topological polar surface area (TPSA) is 67.9 Å². The van der Waals surface area contributed by atoms with Crippen molar-refractivity contribution in [3.05, 3.63) is 76.8 Å². The molecule has 6 nitrogen and oxygen atoms in total. The summed E-state index contributed by atoms with van der Waals surface area (Å²) in [7, 11) is 1.52. The lowest BCUT2D eigenvalue weighted by atomic mass is 10.1. The summed E-state index contributed by atoms with van der Waals surface area (Å²) in [4.78, 5) is 27.4. The molecular weight excluding hydrogens is 404 g/mol. The molecule has 2 amide bonds. The number of fused-ring (bicyclic) bond motifs is 2. The van der Waals surface area contributed by atoms with Gasteiger partial charge in [0.05, 0.1) is 23.4 Å². The Kier molecular flexibility index (Phi) is 5.33. The number of anilines is 2. The van der Waals surface area contributed by atoms with Gasteiger partial charge < -0.3 is 19.7 Å². The van der Waals surface area contributed by atoms with Gasteiger partial charge in [-0.2, -0.15) is 0 Å². The Bertz CT molecular complexity index is 1150. The zero-order chi connectivity index (χ0) is 21.3. The van der Waals surface area contributed by atoms with Crippen LogP contribution in [0.15, 0.2) is 60.7 Å². The summed E-state index contributed by atoms with van der Waals surface area (Å²) in [6.45, 7) is 2.31. The van der Waals surface area contributed by atoms with Gasteiger partial charge in [-0.25, -0.2) is 0 Å². The van der Waals surface area contributed by atoms with Crippen LogP contribution in [0.5, 0.6) is 17.2 Å². The number of amides is 2. The Hall–Kier alpha value is -3.51. The molecule has 0 radical (unpaired) electrons. The highest BCUT2D eigenvalue weighted by atomic mass is 35.5. The third-order valence-corrected chi connectivity index (χ3v) is 5.12. The highest BCUT2D eigenvalue weighted by Gasteiger charge is 2.27. The number of rotatable bonds is 4. The first-order chi connectivity index (χ1) is 14.5. The third-order valence-electron chi connectivity index (χ3n) is 4.82. The molecule has 0 atom stereocenters. The molecule has 0 unspecified atom stereocenters. The molecular formula is C23H19ClN2O4. The molecule has 0 aliphatic carbocycles. The summed E-state index contributed by atoms with van der Waals surface area (Å²) in [5.41, 5.74) is 1.95. The molecule has 0 aromatic heterocycles. The molecule has 0 bridgehead atoms. The number of halogens is 1. The van der Waals surface area contributed by atoms with E-state index in [1.165, 1.54) is 7.11 Å². The molecule has 1 heterocycles. The Labute approximate surface area is 179 Å². The van der Waals surface area contributed by atoms with Gasteiger partial charge in [-0.15, -0.1) is 0 Å². The van der Waals surface area contributed by atoms with Crippen molar-refractivity contribution in [2.75, 3.05) is 23.9 Å². The number of methoxy groups -OCH3 is 1. The van der Waals surface area contributed by atoms with Crippen LogP contribution in [0.25, 0.3) is 0 Å². The number of para-hydroxylation sites is 1. The standard InChI is InChI=1S/C23H19ClN2O4/c1-3-26-18-12-14(22(27)25-15-9-11-20(29-2)17(24)13-15)8-10-21(18)30-19-7-5-4-6-16(19)23(26)28/h4-13H,3H2,1-2H3,(H,25,27). The third kappa shape index (κ3) is 3.57. The fourth-order valence-electron chi connectivity index (χ4n) is 3.32. The van der Waals surface area contributed by atoms with E-state index in [0.29, 0.717) is 51.3 Å². The Balaban J connectivity index is 1.66. The number of carbonyl (C=O) groups is 2. The molecule has 3 aromatic rings. The van der Waals surface area contributed by atoms with Gasteiger partial charge in [0.15, 0.2) is 5.75 Å². The van der Waals surface area contributed by atoms with Crippen molar-refractivity contribution in [2.24, 2.45) is 0 Å². The molecule has 4 rings (SSSR count). The first kappa shape index (κ1) is 19.8. The molecule has 152 valence electrons. The van der Waals surface area contributed by atoms with E-state index in [-0.39, 0.29) is 11.8 Å². The molecule has 7 heteroatoms. The average molecular weight is 423 g/mol. The molecule has 1 aliphatic heterocycles. The van der Waals surface area contributed by atoms with Crippen molar-refractivity contribution in [1.29, 1.82) is 0 Å². The van der Waals surface area contributed by atoms with E-state index in [1.807, 2.05) is 13.0 Å². The number of nitrogens with one attached hydrogen (secondary N) is 1. The van der Waals surface area contributed by atoms with Crippen LogP contribution >= 0.6 is 11.6 Å². The number of ether oxygens (including phenoxy) is 2. The predicted molar refractivity (Wildman–Crippen MR) is 116 cm³/mol. The maximum Gasteiger partial charge on any atom is 0.262 e. The fourth-order valence-corrected chi connectivity index (χ4v) is 3.58. The van der Waals surface area contributed by atoms with Crippen LogP contribution in [0.4, 0.5) is 11.4 Å². The second kappa shape index (κ2) is 8.08. The highest BCUT2D eigenvalue weighted by molar-refractivity contribution is 6.32. The van der Waals surface area contributed by atoms with E-state index in [1.54, 1.807) is 59.5 Å². The van der Waals surface area contributed by atoms with Gasteiger partial charge in [-0.1, -0.05) is 23.7 Å². The van der Waals surface area contributed by atoms with Crippen molar-refractivity contribution in [3.8, 4) is 17.2 Å². The van der Waals surface area contributed by atoms with E-state index in [0.717, 1.165) is 0 Å². The quantitative estimate of drug-likeness (QED) is 0.613. The zero-order valence-electron chi connectivity index (χ0n) is 16.4. The second-order valence-corrected chi connectivity index (χ2v) is 7.04. The Morgan fingerprint density at radius 1 is 1.10 bits per heavy atom. The lowest BCUT2D eigenvalue weighted by Crippen LogP contribution is -2.30. The number of carbonyl (C=O) groups excluding carboxylic acids is 2. The van der Waals surface area contributed by atoms with Crippen LogP contribution in [-0.4, -0.2) is 25.5 Å². The largest absolute Gasteiger partial charge is 0.495 e. The van der Waals surface area contributed by atoms with E-state index >= 15 is 0 Å². The predicted octanol–water partition coefficient (Wildman–Crippen LogP) is 5.37. The van der Waals surface area contributed by atoms with E-state index in [4.69, 9.17) is 21.1 Å². The van der Waals surface area contributed by atoms with Gasteiger partial charge >= 0.3 is 0 Å². The summed E-state index contributed by atoms with van der Waals surface area (Å²) in [6, 6.07) is 17.1. The molecule has 0 fully saturated rings. The first-order valence-corrected chi connectivity index (χ1v) is 9.77. The maximum absolute atomic E-state index is 13.0. The average Bonchev–Trinajstić information content (AvgIpc) is 2.87. The summed E-state index contributed by atoms with van der Waals surface area (Å²) in [5, 5.41) is 3.21. The number of hydrogen-bond donors (Lipinski definition) is 1. The van der Waals surface area contributed by atoms with Gasteiger partial charge in [0.2, 0.25) is 0 Å². The maximum atomic E-state index is 13.0. The van der Waals surface area contributed by atoms with Crippen molar-refractivity contribution in [1.82, 2.24) is 0 Å². The van der Waals surface area contributed by atoms with Gasteiger partial charge in [-0.05, 0) is 55.5 Å². The van der Waals surface area contributed by atoms with Crippen LogP contribution in [0, 0.1) is 0 Å². The Morgan fingerprint density at radius 3 is 2.63 bits per heavy atom. The monoisotopic (exact) mass is 422 g/mol. The number of nitrogens with zero attached hydrogens (tertiary/aromatic N) is 1. The van der Waals surface area contributed by atoms with Crippen molar-refractivity contribution in [2.45, 2.75) is 6.92 Å². The summed E-state index contributed by atoms with van der Waals surface area (Å²) in [6.07, 6.45) is 0. The second-order valence-electron chi connectivity index (χ2n) is 6.63. The van der Waals surface area contributed by atoms with Crippen LogP contribution in [0.3, 0.4) is 0 Å². The van der Waals surface area contributed by atoms with Crippen molar-refractivity contribution >= 4 is 34.8 Å². The van der Waals surface area contributed by atoms with Crippen molar-refractivity contribution < 1.29 is 19.1 Å². The molecule has 0 saturated heterocycles. The number of benzene rings is 3. The van der Waals surface area contributed by atoms with E-state index in [9.17, 15) is 9.59 Å². The molecule has 1 aliphatic rings. The summed E-state index contributed by atoms with van der Waals surface area (Å²) in [5.74, 6) is 1.02. The molecule has 3 aromatic carbocycles. The van der Waals surface area contributed by atoms with Gasteiger partial charge in [0.1, 0.15) is 11.5 Å². The lowest BCUT2D eigenvalue weighted by Gasteiger charge is -2.20. The minimum atomic E-state index is -0.329. The molecule has 30 heavy (non-hydrogen) atoms. The van der Waals surface area contributed by atoms with Gasteiger partial charge in [-0.3, -0.25) is 9.59 Å². The normalized spacial score (nSPS) is 12.4. The smallest absolute Gasteiger partial charge is 0.262 e. The lowest BCUT2D eigenvalue weighted by molar-refractivity contribution is 0.0985.